The highest BCUT2D eigenvalue weighted by molar-refractivity contribution is 6.01. The van der Waals surface area contributed by atoms with Gasteiger partial charge in [-0.3, -0.25) is 4.79 Å². The monoisotopic (exact) mass is 371 g/mol. The number of urea groups is 1. The normalized spacial score (nSPS) is 10.7. The summed E-state index contributed by atoms with van der Waals surface area (Å²) in [5.74, 6) is -0.757. The van der Waals surface area contributed by atoms with Gasteiger partial charge in [0.25, 0.3) is 5.91 Å². The van der Waals surface area contributed by atoms with Gasteiger partial charge in [-0.15, -0.1) is 0 Å². The van der Waals surface area contributed by atoms with Crippen LogP contribution in [0.25, 0.3) is 27.6 Å². The first-order valence-corrected chi connectivity index (χ1v) is 8.57. The van der Waals surface area contributed by atoms with Gasteiger partial charge in [-0.25, -0.2) is 9.48 Å². The molecule has 0 spiro atoms. The van der Waals surface area contributed by atoms with Crippen LogP contribution < -0.4 is 16.8 Å². The first-order valence-electron chi connectivity index (χ1n) is 8.57. The molecule has 7 nitrogen and oxygen atoms in total. The molecule has 4 rings (SSSR count). The molecular formula is C21H17N5O2. The van der Waals surface area contributed by atoms with Crippen LogP contribution in [0.4, 0.5) is 10.5 Å². The Kier molecular flexibility index (Phi) is 4.25. The number of nitrogens with zero attached hydrogens (tertiary/aromatic N) is 2. The molecule has 0 aliphatic rings. The fraction of sp³-hybridized carbons (Fsp3) is 0. The zero-order valence-corrected chi connectivity index (χ0v) is 14.8. The van der Waals surface area contributed by atoms with Crippen molar-refractivity contribution in [3.05, 3.63) is 78.6 Å². The molecule has 4 aromatic rings. The van der Waals surface area contributed by atoms with E-state index in [0.29, 0.717) is 5.69 Å². The maximum Gasteiger partial charge on any atom is 0.316 e. The van der Waals surface area contributed by atoms with Crippen LogP contribution in [0.3, 0.4) is 0 Å². The lowest BCUT2D eigenvalue weighted by Gasteiger charge is -2.09. The number of nitrogens with two attached hydrogens (primary N) is 2. The minimum atomic E-state index is -0.799. The second kappa shape index (κ2) is 6.88. The molecule has 3 amide bonds. The maximum absolute atomic E-state index is 11.6. The van der Waals surface area contributed by atoms with E-state index in [1.807, 2.05) is 42.5 Å². The molecule has 0 radical (unpaired) electrons. The van der Waals surface area contributed by atoms with Gasteiger partial charge in [0.1, 0.15) is 0 Å². The van der Waals surface area contributed by atoms with E-state index in [0.717, 1.165) is 21.9 Å². The van der Waals surface area contributed by atoms with Gasteiger partial charge < -0.3 is 16.8 Å². The SMILES string of the molecule is NC(=O)Nc1cn(-c2cccc(-c3cccc4ccccc34)c2)nc1C(N)=O. The van der Waals surface area contributed by atoms with Crippen molar-refractivity contribution in [1.82, 2.24) is 9.78 Å². The second-order valence-electron chi connectivity index (χ2n) is 6.27. The summed E-state index contributed by atoms with van der Waals surface area (Å²) in [6.07, 6.45) is 1.51. The van der Waals surface area contributed by atoms with Gasteiger partial charge >= 0.3 is 6.03 Å². The molecule has 0 aliphatic carbocycles. The number of amides is 3. The Bertz CT molecular complexity index is 1210. The summed E-state index contributed by atoms with van der Waals surface area (Å²) in [5.41, 5.74) is 13.4. The molecule has 3 aromatic carbocycles. The molecule has 0 fully saturated rings. The average molecular weight is 371 g/mol. The Hall–Kier alpha value is -4.13. The number of nitrogens with one attached hydrogen (secondary N) is 1. The number of benzene rings is 3. The molecule has 0 unspecified atom stereocenters. The zero-order valence-electron chi connectivity index (χ0n) is 14.8. The number of aromatic nitrogens is 2. The summed E-state index contributed by atoms with van der Waals surface area (Å²) in [4.78, 5) is 22.8. The van der Waals surface area contributed by atoms with Crippen LogP contribution >= 0.6 is 0 Å². The van der Waals surface area contributed by atoms with Crippen molar-refractivity contribution in [1.29, 1.82) is 0 Å². The van der Waals surface area contributed by atoms with Gasteiger partial charge in [0.15, 0.2) is 5.69 Å². The van der Waals surface area contributed by atoms with Crippen LogP contribution in [-0.4, -0.2) is 21.7 Å². The quantitative estimate of drug-likeness (QED) is 0.511. The first kappa shape index (κ1) is 17.3. The highest BCUT2D eigenvalue weighted by Crippen LogP contribution is 2.30. The van der Waals surface area contributed by atoms with E-state index in [1.165, 1.54) is 10.9 Å². The van der Waals surface area contributed by atoms with Crippen molar-refractivity contribution in [3.8, 4) is 16.8 Å². The Morgan fingerprint density at radius 3 is 2.46 bits per heavy atom. The molecular weight excluding hydrogens is 354 g/mol. The van der Waals surface area contributed by atoms with Gasteiger partial charge in [-0.05, 0) is 34.0 Å². The van der Waals surface area contributed by atoms with Crippen molar-refractivity contribution in [2.75, 3.05) is 5.32 Å². The van der Waals surface area contributed by atoms with Gasteiger partial charge in [-0.1, -0.05) is 54.6 Å². The number of rotatable bonds is 4. The van der Waals surface area contributed by atoms with Crippen molar-refractivity contribution in [2.45, 2.75) is 0 Å². The first-order chi connectivity index (χ1) is 13.5. The van der Waals surface area contributed by atoms with Gasteiger partial charge in [-0.2, -0.15) is 5.10 Å². The molecule has 0 aliphatic heterocycles. The third kappa shape index (κ3) is 3.16. The van der Waals surface area contributed by atoms with Gasteiger partial charge in [0.05, 0.1) is 17.6 Å². The molecule has 1 heterocycles. The molecule has 0 saturated heterocycles. The molecule has 5 N–H and O–H groups in total. The zero-order chi connectivity index (χ0) is 19.7. The summed E-state index contributed by atoms with van der Waals surface area (Å²) in [6.45, 7) is 0. The lowest BCUT2D eigenvalue weighted by Crippen LogP contribution is -2.22. The molecule has 1 aromatic heterocycles. The molecule has 7 heteroatoms. The number of carbonyl (C=O) groups is 2. The van der Waals surface area contributed by atoms with E-state index >= 15 is 0 Å². The summed E-state index contributed by atoms with van der Waals surface area (Å²) in [7, 11) is 0. The van der Waals surface area contributed by atoms with Crippen LogP contribution in [0.5, 0.6) is 0 Å². The van der Waals surface area contributed by atoms with Gasteiger partial charge in [0.2, 0.25) is 0 Å². The standard InChI is InChI=1S/C21H17N5O2/c22-20(27)19-18(24-21(23)28)12-26(25-19)15-8-3-7-14(11-15)17-10-4-6-13-5-1-2-9-16(13)17/h1-12H,(H2,22,27)(H3,23,24,28). The molecule has 0 saturated carbocycles. The van der Waals surface area contributed by atoms with Crippen LogP contribution in [0.15, 0.2) is 72.9 Å². The fourth-order valence-electron chi connectivity index (χ4n) is 3.21. The molecule has 138 valence electrons. The van der Waals surface area contributed by atoms with Crippen LogP contribution in [-0.2, 0) is 0 Å². The lowest BCUT2D eigenvalue weighted by atomic mass is 9.98. The minimum Gasteiger partial charge on any atom is -0.364 e. The smallest absolute Gasteiger partial charge is 0.316 e. The number of primary amides is 2. The Morgan fingerprint density at radius 2 is 1.68 bits per heavy atom. The van der Waals surface area contributed by atoms with E-state index < -0.39 is 11.9 Å². The third-order valence-electron chi connectivity index (χ3n) is 4.42. The van der Waals surface area contributed by atoms with E-state index in [4.69, 9.17) is 11.5 Å². The molecule has 28 heavy (non-hydrogen) atoms. The van der Waals surface area contributed by atoms with E-state index in [-0.39, 0.29) is 11.4 Å². The summed E-state index contributed by atoms with van der Waals surface area (Å²) < 4.78 is 1.49. The van der Waals surface area contributed by atoms with Crippen molar-refractivity contribution < 1.29 is 9.59 Å². The third-order valence-corrected chi connectivity index (χ3v) is 4.42. The van der Waals surface area contributed by atoms with Crippen LogP contribution in [0.2, 0.25) is 0 Å². The molecule has 0 bridgehead atoms. The largest absolute Gasteiger partial charge is 0.364 e. The predicted octanol–water partition coefficient (Wildman–Crippen LogP) is 3.28. The predicted molar refractivity (Wildman–Crippen MR) is 108 cm³/mol. The second-order valence-corrected chi connectivity index (χ2v) is 6.27. The fourth-order valence-corrected chi connectivity index (χ4v) is 3.21. The van der Waals surface area contributed by atoms with Crippen molar-refractivity contribution in [2.24, 2.45) is 11.5 Å². The number of anilines is 1. The molecule has 0 atom stereocenters. The maximum atomic E-state index is 11.6. The summed E-state index contributed by atoms with van der Waals surface area (Å²) in [6, 6.07) is 21.2. The summed E-state index contributed by atoms with van der Waals surface area (Å²) >= 11 is 0. The number of hydrogen-bond acceptors (Lipinski definition) is 3. The number of hydrogen-bond donors (Lipinski definition) is 3. The van der Waals surface area contributed by atoms with Gasteiger partial charge in [0, 0.05) is 0 Å². The van der Waals surface area contributed by atoms with Crippen molar-refractivity contribution >= 4 is 28.4 Å². The minimum absolute atomic E-state index is 0.0608. The van der Waals surface area contributed by atoms with E-state index in [2.05, 4.69) is 34.7 Å². The highest BCUT2D eigenvalue weighted by atomic mass is 16.2. The van der Waals surface area contributed by atoms with Crippen LogP contribution in [0.1, 0.15) is 10.5 Å². The Morgan fingerprint density at radius 1 is 0.929 bits per heavy atom. The highest BCUT2D eigenvalue weighted by Gasteiger charge is 2.16. The van der Waals surface area contributed by atoms with E-state index in [1.54, 1.807) is 0 Å². The Labute approximate surface area is 160 Å². The van der Waals surface area contributed by atoms with Crippen LogP contribution in [0, 0.1) is 0 Å². The van der Waals surface area contributed by atoms with E-state index in [9.17, 15) is 9.59 Å². The average Bonchev–Trinajstić information content (AvgIpc) is 3.11. The lowest BCUT2D eigenvalue weighted by molar-refractivity contribution is 0.0996. The number of fused-ring (bicyclic) bond motifs is 1. The topological polar surface area (TPSA) is 116 Å². The number of carbonyl (C=O) groups excluding carboxylic acids is 2. The summed E-state index contributed by atoms with van der Waals surface area (Å²) in [5, 5.41) is 8.85. The van der Waals surface area contributed by atoms with Crippen molar-refractivity contribution in [3.63, 3.8) is 0 Å². The Balaban J connectivity index is 1.81.